The van der Waals surface area contributed by atoms with Crippen molar-refractivity contribution < 1.29 is 4.79 Å². The van der Waals surface area contributed by atoms with Gasteiger partial charge < -0.3 is 10.6 Å². The summed E-state index contributed by atoms with van der Waals surface area (Å²) in [6.45, 7) is 5.00. The van der Waals surface area contributed by atoms with Gasteiger partial charge in [-0.05, 0) is 31.0 Å². The third kappa shape index (κ3) is 4.84. The van der Waals surface area contributed by atoms with Crippen LogP contribution < -0.4 is 10.6 Å². The van der Waals surface area contributed by atoms with Crippen LogP contribution in [0.2, 0.25) is 10.0 Å². The van der Waals surface area contributed by atoms with Gasteiger partial charge in [0.15, 0.2) is 0 Å². The van der Waals surface area contributed by atoms with Crippen LogP contribution in [-0.2, 0) is 4.79 Å². The molecule has 1 amide bonds. The number of rotatable bonds is 6. The first-order valence-electron chi connectivity index (χ1n) is 5.99. The summed E-state index contributed by atoms with van der Waals surface area (Å²) in [7, 11) is 0. The van der Waals surface area contributed by atoms with Gasteiger partial charge in [0, 0.05) is 12.6 Å². The van der Waals surface area contributed by atoms with Gasteiger partial charge in [-0.3, -0.25) is 4.79 Å². The average molecular weight is 289 g/mol. The largest absolute Gasteiger partial charge is 0.355 e. The van der Waals surface area contributed by atoms with Gasteiger partial charge in [0.1, 0.15) is 0 Å². The molecule has 18 heavy (non-hydrogen) atoms. The Hall–Kier alpha value is -0.770. The van der Waals surface area contributed by atoms with E-state index in [9.17, 15) is 4.79 Å². The number of halogens is 2. The molecule has 1 atom stereocenters. The van der Waals surface area contributed by atoms with Gasteiger partial charge in [-0.2, -0.15) is 0 Å². The zero-order valence-electron chi connectivity index (χ0n) is 10.6. The quantitative estimate of drug-likeness (QED) is 0.844. The van der Waals surface area contributed by atoms with Crippen LogP contribution in [0.1, 0.15) is 31.9 Å². The van der Waals surface area contributed by atoms with Gasteiger partial charge in [-0.1, -0.05) is 36.2 Å². The highest BCUT2D eigenvalue weighted by molar-refractivity contribution is 6.42. The van der Waals surface area contributed by atoms with E-state index in [1.54, 1.807) is 6.07 Å². The van der Waals surface area contributed by atoms with Crippen molar-refractivity contribution in [2.45, 2.75) is 26.3 Å². The summed E-state index contributed by atoms with van der Waals surface area (Å²) in [5, 5.41) is 7.01. The molecule has 1 aromatic carbocycles. The summed E-state index contributed by atoms with van der Waals surface area (Å²) < 4.78 is 0. The molecule has 1 aromatic rings. The summed E-state index contributed by atoms with van der Waals surface area (Å²) in [6.07, 6.45) is 0.939. The lowest BCUT2D eigenvalue weighted by atomic mass is 10.1. The van der Waals surface area contributed by atoms with Gasteiger partial charge in [0.2, 0.25) is 5.91 Å². The first kappa shape index (κ1) is 15.3. The molecule has 1 unspecified atom stereocenters. The molecule has 0 aromatic heterocycles. The topological polar surface area (TPSA) is 41.1 Å². The van der Waals surface area contributed by atoms with Crippen molar-refractivity contribution in [3.63, 3.8) is 0 Å². The molecule has 0 aliphatic heterocycles. The molecule has 0 spiro atoms. The lowest BCUT2D eigenvalue weighted by molar-refractivity contribution is -0.120. The lowest BCUT2D eigenvalue weighted by Crippen LogP contribution is -2.35. The van der Waals surface area contributed by atoms with Crippen LogP contribution in [-0.4, -0.2) is 19.0 Å². The van der Waals surface area contributed by atoms with Crippen LogP contribution in [0.5, 0.6) is 0 Å². The maximum absolute atomic E-state index is 11.4. The van der Waals surface area contributed by atoms with Crippen molar-refractivity contribution in [1.29, 1.82) is 0 Å². The molecule has 2 N–H and O–H groups in total. The van der Waals surface area contributed by atoms with E-state index in [0.29, 0.717) is 23.1 Å². The number of nitrogens with one attached hydrogen (secondary N) is 2. The van der Waals surface area contributed by atoms with E-state index in [1.165, 1.54) is 0 Å². The third-order valence-corrected chi connectivity index (χ3v) is 3.32. The molecule has 0 bridgehead atoms. The van der Waals surface area contributed by atoms with E-state index in [2.05, 4.69) is 10.6 Å². The Morgan fingerprint density at radius 2 is 2.06 bits per heavy atom. The van der Waals surface area contributed by atoms with Crippen LogP contribution in [0, 0.1) is 0 Å². The van der Waals surface area contributed by atoms with E-state index in [1.807, 2.05) is 26.0 Å². The first-order chi connectivity index (χ1) is 8.54. The maximum atomic E-state index is 11.4. The second-order valence-corrected chi connectivity index (χ2v) is 4.94. The zero-order valence-corrected chi connectivity index (χ0v) is 12.1. The van der Waals surface area contributed by atoms with E-state index >= 15 is 0 Å². The molecule has 0 fully saturated rings. The minimum absolute atomic E-state index is 0.00348. The minimum atomic E-state index is 0.00348. The number of hydrogen-bond acceptors (Lipinski definition) is 2. The van der Waals surface area contributed by atoms with Crippen LogP contribution in [0.3, 0.4) is 0 Å². The van der Waals surface area contributed by atoms with Crippen LogP contribution in [0.4, 0.5) is 0 Å². The zero-order chi connectivity index (χ0) is 13.5. The average Bonchev–Trinajstić information content (AvgIpc) is 2.36. The van der Waals surface area contributed by atoms with Crippen molar-refractivity contribution in [1.82, 2.24) is 10.6 Å². The predicted molar refractivity (Wildman–Crippen MR) is 76.2 cm³/mol. The Bertz CT molecular complexity index is 410. The van der Waals surface area contributed by atoms with E-state index in [-0.39, 0.29) is 11.9 Å². The fourth-order valence-corrected chi connectivity index (χ4v) is 1.78. The lowest BCUT2D eigenvalue weighted by Gasteiger charge is -2.14. The van der Waals surface area contributed by atoms with E-state index < -0.39 is 0 Å². The number of carbonyl (C=O) groups excluding carboxylic acids is 1. The molecule has 100 valence electrons. The second kappa shape index (κ2) is 7.62. The molecule has 0 aliphatic rings. The Morgan fingerprint density at radius 1 is 1.33 bits per heavy atom. The SMILES string of the molecule is CCCNC(=O)CNC(C)c1ccc(Cl)c(Cl)c1. The van der Waals surface area contributed by atoms with Gasteiger partial charge in [0.05, 0.1) is 16.6 Å². The van der Waals surface area contributed by atoms with E-state index in [4.69, 9.17) is 23.2 Å². The summed E-state index contributed by atoms with van der Waals surface area (Å²) >= 11 is 11.8. The number of carbonyl (C=O) groups is 1. The summed E-state index contributed by atoms with van der Waals surface area (Å²) in [6, 6.07) is 5.52. The second-order valence-electron chi connectivity index (χ2n) is 4.13. The summed E-state index contributed by atoms with van der Waals surface area (Å²) in [5.74, 6) is 0.00348. The Labute approximate surface area is 118 Å². The standard InChI is InChI=1S/C13H18Cl2N2O/c1-3-6-16-13(18)8-17-9(2)10-4-5-11(14)12(15)7-10/h4-5,7,9,17H,3,6,8H2,1-2H3,(H,16,18). The fourth-order valence-electron chi connectivity index (χ4n) is 1.47. The molecule has 3 nitrogen and oxygen atoms in total. The minimum Gasteiger partial charge on any atom is -0.355 e. The van der Waals surface area contributed by atoms with Crippen molar-refractivity contribution in [2.75, 3.05) is 13.1 Å². The van der Waals surface area contributed by atoms with Gasteiger partial charge in [-0.15, -0.1) is 0 Å². The highest BCUT2D eigenvalue weighted by Crippen LogP contribution is 2.25. The molecule has 0 radical (unpaired) electrons. The third-order valence-electron chi connectivity index (χ3n) is 2.58. The number of amides is 1. The van der Waals surface area contributed by atoms with E-state index in [0.717, 1.165) is 12.0 Å². The number of hydrogen-bond donors (Lipinski definition) is 2. The smallest absolute Gasteiger partial charge is 0.233 e. The molecule has 0 heterocycles. The van der Waals surface area contributed by atoms with Gasteiger partial charge >= 0.3 is 0 Å². The molecule has 0 saturated heterocycles. The molecule has 1 rings (SSSR count). The van der Waals surface area contributed by atoms with Crippen LogP contribution in [0.25, 0.3) is 0 Å². The molecular formula is C13H18Cl2N2O. The van der Waals surface area contributed by atoms with Gasteiger partial charge in [0.25, 0.3) is 0 Å². The Balaban J connectivity index is 2.47. The van der Waals surface area contributed by atoms with Crippen LogP contribution >= 0.6 is 23.2 Å². The van der Waals surface area contributed by atoms with Crippen molar-refractivity contribution in [3.05, 3.63) is 33.8 Å². The monoisotopic (exact) mass is 288 g/mol. The summed E-state index contributed by atoms with van der Waals surface area (Å²) in [5.41, 5.74) is 1.01. The predicted octanol–water partition coefficient (Wildman–Crippen LogP) is 3.17. The molecule has 0 aliphatic carbocycles. The molecule has 0 saturated carbocycles. The molecular weight excluding hydrogens is 271 g/mol. The van der Waals surface area contributed by atoms with Crippen LogP contribution in [0.15, 0.2) is 18.2 Å². The number of benzene rings is 1. The normalized spacial score (nSPS) is 12.2. The Kier molecular flexibility index (Phi) is 6.47. The maximum Gasteiger partial charge on any atom is 0.233 e. The highest BCUT2D eigenvalue weighted by Gasteiger charge is 2.09. The van der Waals surface area contributed by atoms with Gasteiger partial charge in [-0.25, -0.2) is 0 Å². The first-order valence-corrected chi connectivity index (χ1v) is 6.75. The Morgan fingerprint density at radius 3 is 2.67 bits per heavy atom. The van der Waals surface area contributed by atoms with Crippen molar-refractivity contribution in [3.8, 4) is 0 Å². The summed E-state index contributed by atoms with van der Waals surface area (Å²) in [4.78, 5) is 11.4. The molecule has 5 heteroatoms. The fraction of sp³-hybridized carbons (Fsp3) is 0.462. The van der Waals surface area contributed by atoms with Crippen molar-refractivity contribution >= 4 is 29.1 Å². The van der Waals surface area contributed by atoms with Crippen molar-refractivity contribution in [2.24, 2.45) is 0 Å². The highest BCUT2D eigenvalue weighted by atomic mass is 35.5.